The third-order valence-corrected chi connectivity index (χ3v) is 1.84. The normalized spacial score (nSPS) is 9.81. The number of carboxylic acids is 1. The zero-order chi connectivity index (χ0) is 12.0. The number of amides is 1. The molecule has 5 heteroatoms. The first-order chi connectivity index (χ1) is 7.63. The molecule has 1 aromatic rings. The highest BCUT2D eigenvalue weighted by atomic mass is 16.5. The van der Waals surface area contributed by atoms with Gasteiger partial charge in [0.05, 0.1) is 5.97 Å². The van der Waals surface area contributed by atoms with E-state index in [0.717, 1.165) is 0 Å². The van der Waals surface area contributed by atoms with E-state index >= 15 is 0 Å². The van der Waals surface area contributed by atoms with Crippen LogP contribution in [0.4, 0.5) is 5.69 Å². The summed E-state index contributed by atoms with van der Waals surface area (Å²) in [6.07, 6.45) is 0. The zero-order valence-electron chi connectivity index (χ0n) is 8.86. The molecule has 0 bridgehead atoms. The van der Waals surface area contributed by atoms with E-state index in [-0.39, 0.29) is 18.1 Å². The monoisotopic (exact) mass is 222 g/mol. The first-order valence-electron chi connectivity index (χ1n) is 4.82. The van der Waals surface area contributed by atoms with Crippen molar-refractivity contribution in [3.8, 4) is 0 Å². The number of carbonyl (C=O) groups excluding carboxylic acids is 2. The Kier molecular flexibility index (Phi) is 4.47. The number of benzene rings is 1. The van der Waals surface area contributed by atoms with E-state index in [9.17, 15) is 14.7 Å². The molecule has 0 saturated carbocycles. The van der Waals surface area contributed by atoms with Crippen LogP contribution >= 0.6 is 0 Å². The second kappa shape index (κ2) is 5.87. The molecule has 1 rings (SSSR count). The third-order valence-electron chi connectivity index (χ3n) is 1.84. The lowest BCUT2D eigenvalue weighted by molar-refractivity contribution is -0.255. The van der Waals surface area contributed by atoms with E-state index in [4.69, 9.17) is 4.74 Å². The molecule has 0 atom stereocenters. The van der Waals surface area contributed by atoms with Gasteiger partial charge in [-0.2, -0.15) is 0 Å². The summed E-state index contributed by atoms with van der Waals surface area (Å²) in [6.45, 7) is 2.25. The number of carboxylic acid groups (broad SMARTS) is 1. The summed E-state index contributed by atoms with van der Waals surface area (Å²) >= 11 is 0. The second-order valence-electron chi connectivity index (χ2n) is 3.05. The summed E-state index contributed by atoms with van der Waals surface area (Å²) in [4.78, 5) is 21.7. The summed E-state index contributed by atoms with van der Waals surface area (Å²) in [7, 11) is 0. The van der Waals surface area contributed by atoms with Gasteiger partial charge in [-0.05, 0) is 24.6 Å². The molecule has 0 fully saturated rings. The average molecular weight is 222 g/mol. The van der Waals surface area contributed by atoms with Crippen molar-refractivity contribution in [3.63, 3.8) is 0 Å². The molecule has 0 unspecified atom stereocenters. The molecule has 0 radical (unpaired) electrons. The molecule has 1 N–H and O–H groups in total. The fraction of sp³-hybridized carbons (Fsp3) is 0.273. The van der Waals surface area contributed by atoms with Crippen LogP contribution < -0.4 is 10.4 Å². The first kappa shape index (κ1) is 12.2. The predicted molar refractivity (Wildman–Crippen MR) is 55.9 cm³/mol. The first-order valence-corrected chi connectivity index (χ1v) is 4.82. The van der Waals surface area contributed by atoms with E-state index < -0.39 is 5.97 Å². The van der Waals surface area contributed by atoms with Crippen molar-refractivity contribution in [2.75, 3.05) is 18.5 Å². The Labute approximate surface area is 93.0 Å². The summed E-state index contributed by atoms with van der Waals surface area (Å²) in [5.74, 6) is -1.52. The van der Waals surface area contributed by atoms with Crippen LogP contribution in [0.5, 0.6) is 0 Å². The minimum Gasteiger partial charge on any atom is -0.545 e. The van der Waals surface area contributed by atoms with Crippen molar-refractivity contribution < 1.29 is 19.4 Å². The highest BCUT2D eigenvalue weighted by Crippen LogP contribution is 2.08. The SMILES string of the molecule is CCOCC(=O)Nc1ccc(C(=O)[O-])cc1. The van der Waals surface area contributed by atoms with Crippen molar-refractivity contribution >= 4 is 17.6 Å². The summed E-state index contributed by atoms with van der Waals surface area (Å²) in [6, 6.07) is 5.72. The lowest BCUT2D eigenvalue weighted by atomic mass is 10.2. The molecule has 0 aliphatic heterocycles. The minimum absolute atomic E-state index is 0.0151. The molecular weight excluding hydrogens is 210 g/mol. The third kappa shape index (κ3) is 3.70. The number of rotatable bonds is 5. The molecule has 5 nitrogen and oxygen atoms in total. The maximum absolute atomic E-state index is 11.2. The van der Waals surface area contributed by atoms with Gasteiger partial charge in [-0.3, -0.25) is 4.79 Å². The highest BCUT2D eigenvalue weighted by molar-refractivity contribution is 5.92. The molecule has 1 aromatic carbocycles. The Bertz CT molecular complexity index is 372. The quantitative estimate of drug-likeness (QED) is 0.762. The minimum atomic E-state index is -1.24. The molecule has 16 heavy (non-hydrogen) atoms. The number of ether oxygens (including phenoxy) is 1. The number of anilines is 1. The Balaban J connectivity index is 2.55. The Morgan fingerprint density at radius 1 is 1.31 bits per heavy atom. The fourth-order valence-corrected chi connectivity index (χ4v) is 1.08. The van der Waals surface area contributed by atoms with E-state index in [1.165, 1.54) is 24.3 Å². The maximum atomic E-state index is 11.2. The van der Waals surface area contributed by atoms with Crippen LogP contribution in [-0.2, 0) is 9.53 Å². The van der Waals surface area contributed by atoms with Gasteiger partial charge in [0.25, 0.3) is 0 Å². The second-order valence-corrected chi connectivity index (χ2v) is 3.05. The van der Waals surface area contributed by atoms with Crippen molar-refractivity contribution in [2.45, 2.75) is 6.92 Å². The molecule has 1 amide bonds. The van der Waals surface area contributed by atoms with E-state index in [2.05, 4.69) is 5.32 Å². The molecule has 0 spiro atoms. The van der Waals surface area contributed by atoms with Crippen molar-refractivity contribution in [1.82, 2.24) is 0 Å². The number of hydrogen-bond acceptors (Lipinski definition) is 4. The smallest absolute Gasteiger partial charge is 0.250 e. The summed E-state index contributed by atoms with van der Waals surface area (Å²) in [5, 5.41) is 13.0. The molecule has 0 heterocycles. The Hall–Kier alpha value is -1.88. The average Bonchev–Trinajstić information content (AvgIpc) is 2.27. The Morgan fingerprint density at radius 2 is 1.94 bits per heavy atom. The fourth-order valence-electron chi connectivity index (χ4n) is 1.08. The molecule has 0 saturated heterocycles. The molecular formula is C11H12NO4-. The van der Waals surface area contributed by atoms with E-state index in [1.54, 1.807) is 6.92 Å². The van der Waals surface area contributed by atoms with E-state index in [0.29, 0.717) is 12.3 Å². The van der Waals surface area contributed by atoms with Gasteiger partial charge in [0.15, 0.2) is 0 Å². The van der Waals surface area contributed by atoms with Gasteiger partial charge in [-0.1, -0.05) is 12.1 Å². The van der Waals surface area contributed by atoms with Gasteiger partial charge in [-0.15, -0.1) is 0 Å². The van der Waals surface area contributed by atoms with Crippen LogP contribution in [0.15, 0.2) is 24.3 Å². The van der Waals surface area contributed by atoms with Crippen LogP contribution in [0, 0.1) is 0 Å². The summed E-state index contributed by atoms with van der Waals surface area (Å²) in [5.41, 5.74) is 0.595. The highest BCUT2D eigenvalue weighted by Gasteiger charge is 2.01. The number of hydrogen-bond donors (Lipinski definition) is 1. The number of aromatic carboxylic acids is 1. The molecule has 0 aliphatic carbocycles. The van der Waals surface area contributed by atoms with Crippen molar-refractivity contribution in [2.24, 2.45) is 0 Å². The maximum Gasteiger partial charge on any atom is 0.250 e. The molecule has 0 aliphatic rings. The topological polar surface area (TPSA) is 78.5 Å². The lowest BCUT2D eigenvalue weighted by Gasteiger charge is -2.06. The van der Waals surface area contributed by atoms with Gasteiger partial charge in [0, 0.05) is 12.3 Å². The Morgan fingerprint density at radius 3 is 2.44 bits per heavy atom. The molecule has 86 valence electrons. The standard InChI is InChI=1S/C11H13NO4/c1-2-16-7-10(13)12-9-5-3-8(4-6-9)11(14)15/h3-6H,2,7H2,1H3,(H,12,13)(H,14,15)/p-1. The van der Waals surface area contributed by atoms with Gasteiger partial charge in [0.2, 0.25) is 5.91 Å². The van der Waals surface area contributed by atoms with E-state index in [1.807, 2.05) is 0 Å². The van der Waals surface area contributed by atoms with Gasteiger partial charge in [-0.25, -0.2) is 0 Å². The predicted octanol–water partition coefficient (Wildman–Crippen LogP) is 0.0251. The molecule has 0 aromatic heterocycles. The number of nitrogens with one attached hydrogen (secondary N) is 1. The zero-order valence-corrected chi connectivity index (χ0v) is 8.86. The van der Waals surface area contributed by atoms with Crippen LogP contribution in [-0.4, -0.2) is 25.1 Å². The van der Waals surface area contributed by atoms with Crippen molar-refractivity contribution in [1.29, 1.82) is 0 Å². The van der Waals surface area contributed by atoms with Crippen LogP contribution in [0.1, 0.15) is 17.3 Å². The van der Waals surface area contributed by atoms with Crippen LogP contribution in [0.25, 0.3) is 0 Å². The largest absolute Gasteiger partial charge is 0.545 e. The van der Waals surface area contributed by atoms with Gasteiger partial charge in [0.1, 0.15) is 6.61 Å². The summed E-state index contributed by atoms with van der Waals surface area (Å²) < 4.78 is 4.91. The van der Waals surface area contributed by atoms with Crippen LogP contribution in [0.2, 0.25) is 0 Å². The lowest BCUT2D eigenvalue weighted by Crippen LogP contribution is -2.22. The van der Waals surface area contributed by atoms with Crippen molar-refractivity contribution in [3.05, 3.63) is 29.8 Å². The van der Waals surface area contributed by atoms with Gasteiger partial charge < -0.3 is 20.0 Å². The van der Waals surface area contributed by atoms with Crippen LogP contribution in [0.3, 0.4) is 0 Å². The van der Waals surface area contributed by atoms with Gasteiger partial charge >= 0.3 is 0 Å². The number of carbonyl (C=O) groups is 2.